The number of anilines is 1. The molecule has 0 fully saturated rings. The van der Waals surface area contributed by atoms with E-state index in [0.29, 0.717) is 12.1 Å². The quantitative estimate of drug-likeness (QED) is 0.762. The maximum atomic E-state index is 11.8. The maximum Gasteiger partial charge on any atom is 0.224 e. The predicted octanol–water partition coefficient (Wildman–Crippen LogP) is 2.07. The second kappa shape index (κ2) is 7.22. The Morgan fingerprint density at radius 2 is 2.29 bits per heavy atom. The molecule has 1 aromatic carbocycles. The smallest absolute Gasteiger partial charge is 0.224 e. The third-order valence-electron chi connectivity index (χ3n) is 2.54. The Labute approximate surface area is 107 Å². The number of amides is 1. The predicted molar refractivity (Wildman–Crippen MR) is 75.2 cm³/mol. The van der Waals surface area contributed by atoms with Crippen LogP contribution in [0.2, 0.25) is 0 Å². The Hall–Kier alpha value is -1.16. The van der Waals surface area contributed by atoms with Crippen LogP contribution in [-0.2, 0) is 11.2 Å². The van der Waals surface area contributed by atoms with E-state index in [2.05, 4.69) is 12.2 Å². The van der Waals surface area contributed by atoms with E-state index in [9.17, 15) is 4.79 Å². The van der Waals surface area contributed by atoms with Crippen LogP contribution < -0.4 is 11.1 Å². The van der Waals surface area contributed by atoms with Crippen molar-refractivity contribution in [2.45, 2.75) is 25.8 Å². The Bertz CT molecular complexity index is 368. The van der Waals surface area contributed by atoms with E-state index in [0.717, 1.165) is 17.7 Å². The number of nitrogen functional groups attached to an aromatic ring is 1. The number of hydrogen-bond acceptors (Lipinski definition) is 3. The van der Waals surface area contributed by atoms with Gasteiger partial charge < -0.3 is 11.1 Å². The van der Waals surface area contributed by atoms with Crippen LogP contribution in [0.1, 0.15) is 18.9 Å². The van der Waals surface area contributed by atoms with E-state index < -0.39 is 0 Å². The molecule has 4 heteroatoms. The van der Waals surface area contributed by atoms with Gasteiger partial charge in [-0.1, -0.05) is 19.1 Å². The van der Waals surface area contributed by atoms with Crippen LogP contribution >= 0.6 is 11.8 Å². The van der Waals surface area contributed by atoms with Gasteiger partial charge in [0.2, 0.25) is 5.91 Å². The Morgan fingerprint density at radius 1 is 1.53 bits per heavy atom. The lowest BCUT2D eigenvalue weighted by atomic mass is 10.1. The van der Waals surface area contributed by atoms with Gasteiger partial charge in [0.25, 0.3) is 0 Å². The number of nitrogens with two attached hydrogens (primary N) is 1. The molecule has 1 amide bonds. The van der Waals surface area contributed by atoms with Crippen LogP contribution in [0.15, 0.2) is 24.3 Å². The molecule has 0 radical (unpaired) electrons. The van der Waals surface area contributed by atoms with Gasteiger partial charge in [0, 0.05) is 17.5 Å². The van der Waals surface area contributed by atoms with Crippen molar-refractivity contribution >= 4 is 23.4 Å². The molecular weight excluding hydrogens is 232 g/mol. The number of rotatable bonds is 6. The van der Waals surface area contributed by atoms with Crippen molar-refractivity contribution in [3.8, 4) is 0 Å². The average molecular weight is 252 g/mol. The minimum atomic E-state index is 0.0662. The first kappa shape index (κ1) is 13.9. The minimum Gasteiger partial charge on any atom is -0.399 e. The second-order valence-corrected chi connectivity index (χ2v) is 4.96. The van der Waals surface area contributed by atoms with Crippen LogP contribution in [0.5, 0.6) is 0 Å². The monoisotopic (exact) mass is 252 g/mol. The van der Waals surface area contributed by atoms with Crippen molar-refractivity contribution in [1.29, 1.82) is 0 Å². The summed E-state index contributed by atoms with van der Waals surface area (Å²) in [6.07, 6.45) is 3.41. The van der Waals surface area contributed by atoms with Crippen molar-refractivity contribution in [1.82, 2.24) is 5.32 Å². The van der Waals surface area contributed by atoms with Crippen molar-refractivity contribution in [2.75, 3.05) is 17.7 Å². The van der Waals surface area contributed by atoms with Gasteiger partial charge in [0.05, 0.1) is 6.42 Å². The summed E-state index contributed by atoms with van der Waals surface area (Å²) in [6.45, 7) is 2.08. The fourth-order valence-electron chi connectivity index (χ4n) is 1.63. The standard InChI is InChI=1S/C13H20N2OS/c1-3-12(9-17-2)15-13(16)8-10-5-4-6-11(14)7-10/h4-7,12H,3,8-9,14H2,1-2H3,(H,15,16). The van der Waals surface area contributed by atoms with Crippen molar-refractivity contribution in [3.63, 3.8) is 0 Å². The van der Waals surface area contributed by atoms with Gasteiger partial charge in [0.1, 0.15) is 0 Å². The highest BCUT2D eigenvalue weighted by atomic mass is 32.2. The van der Waals surface area contributed by atoms with E-state index in [4.69, 9.17) is 5.73 Å². The van der Waals surface area contributed by atoms with Crippen molar-refractivity contribution in [3.05, 3.63) is 29.8 Å². The zero-order chi connectivity index (χ0) is 12.7. The molecule has 0 spiro atoms. The normalized spacial score (nSPS) is 12.1. The highest BCUT2D eigenvalue weighted by Crippen LogP contribution is 2.08. The molecule has 0 aromatic heterocycles. The summed E-state index contributed by atoms with van der Waals surface area (Å²) in [5, 5.41) is 3.03. The number of nitrogens with one attached hydrogen (secondary N) is 1. The summed E-state index contributed by atoms with van der Waals surface area (Å²) in [4.78, 5) is 11.8. The molecule has 3 N–H and O–H groups in total. The SMILES string of the molecule is CCC(CSC)NC(=O)Cc1cccc(N)c1. The minimum absolute atomic E-state index is 0.0662. The molecule has 1 unspecified atom stereocenters. The summed E-state index contributed by atoms with van der Waals surface area (Å²) >= 11 is 1.75. The highest BCUT2D eigenvalue weighted by molar-refractivity contribution is 7.98. The molecule has 0 aliphatic heterocycles. The van der Waals surface area contributed by atoms with E-state index >= 15 is 0 Å². The Morgan fingerprint density at radius 3 is 2.88 bits per heavy atom. The van der Waals surface area contributed by atoms with Gasteiger partial charge in [-0.2, -0.15) is 11.8 Å². The van der Waals surface area contributed by atoms with E-state index in [1.54, 1.807) is 11.8 Å². The summed E-state index contributed by atoms with van der Waals surface area (Å²) in [5.41, 5.74) is 7.33. The van der Waals surface area contributed by atoms with Gasteiger partial charge in [-0.25, -0.2) is 0 Å². The first-order valence-corrected chi connectivity index (χ1v) is 7.17. The van der Waals surface area contributed by atoms with Gasteiger partial charge in [0.15, 0.2) is 0 Å². The van der Waals surface area contributed by atoms with Gasteiger partial charge in [-0.05, 0) is 30.4 Å². The number of benzene rings is 1. The molecule has 94 valence electrons. The number of carbonyl (C=O) groups is 1. The first-order chi connectivity index (χ1) is 8.15. The third-order valence-corrected chi connectivity index (χ3v) is 3.28. The summed E-state index contributed by atoms with van der Waals surface area (Å²) in [7, 11) is 0. The molecule has 0 bridgehead atoms. The molecule has 0 aliphatic rings. The molecule has 1 aromatic rings. The molecule has 3 nitrogen and oxygen atoms in total. The van der Waals surface area contributed by atoms with Crippen LogP contribution in [-0.4, -0.2) is 24.0 Å². The van der Waals surface area contributed by atoms with Gasteiger partial charge in [-0.3, -0.25) is 4.79 Å². The summed E-state index contributed by atoms with van der Waals surface area (Å²) in [6, 6.07) is 7.72. The lowest BCUT2D eigenvalue weighted by Gasteiger charge is -2.15. The molecule has 0 saturated heterocycles. The topological polar surface area (TPSA) is 55.1 Å². The number of carbonyl (C=O) groups excluding carboxylic acids is 1. The molecule has 1 rings (SSSR count). The van der Waals surface area contributed by atoms with E-state index in [-0.39, 0.29) is 11.9 Å². The summed E-state index contributed by atoms with van der Waals surface area (Å²) in [5.74, 6) is 1.02. The fourth-order valence-corrected chi connectivity index (χ4v) is 2.35. The van der Waals surface area contributed by atoms with E-state index in [1.165, 1.54) is 0 Å². The molecule has 0 saturated carbocycles. The lowest BCUT2D eigenvalue weighted by molar-refractivity contribution is -0.121. The average Bonchev–Trinajstić information content (AvgIpc) is 2.28. The van der Waals surface area contributed by atoms with Gasteiger partial charge in [-0.15, -0.1) is 0 Å². The Balaban J connectivity index is 2.49. The van der Waals surface area contributed by atoms with E-state index in [1.807, 2.05) is 30.5 Å². The number of thioether (sulfide) groups is 1. The fraction of sp³-hybridized carbons (Fsp3) is 0.462. The van der Waals surface area contributed by atoms with Crippen molar-refractivity contribution in [2.24, 2.45) is 0 Å². The van der Waals surface area contributed by atoms with Crippen LogP contribution in [0.25, 0.3) is 0 Å². The van der Waals surface area contributed by atoms with Crippen molar-refractivity contribution < 1.29 is 4.79 Å². The third kappa shape index (κ3) is 5.13. The van der Waals surface area contributed by atoms with Crippen LogP contribution in [0.3, 0.4) is 0 Å². The molecule has 17 heavy (non-hydrogen) atoms. The second-order valence-electron chi connectivity index (χ2n) is 4.05. The molecular formula is C13H20N2OS. The lowest BCUT2D eigenvalue weighted by Crippen LogP contribution is -2.37. The molecule has 1 atom stereocenters. The molecule has 0 heterocycles. The summed E-state index contributed by atoms with van der Waals surface area (Å²) < 4.78 is 0. The first-order valence-electron chi connectivity index (χ1n) is 5.78. The number of hydrogen-bond donors (Lipinski definition) is 2. The zero-order valence-electron chi connectivity index (χ0n) is 10.4. The largest absolute Gasteiger partial charge is 0.399 e. The van der Waals surface area contributed by atoms with Crippen LogP contribution in [0, 0.1) is 0 Å². The maximum absolute atomic E-state index is 11.8. The molecule has 0 aliphatic carbocycles. The Kier molecular flexibility index (Phi) is 5.91. The van der Waals surface area contributed by atoms with Crippen LogP contribution in [0.4, 0.5) is 5.69 Å². The zero-order valence-corrected chi connectivity index (χ0v) is 11.2. The van der Waals surface area contributed by atoms with Gasteiger partial charge >= 0.3 is 0 Å². The highest BCUT2D eigenvalue weighted by Gasteiger charge is 2.10.